The third-order valence-electron chi connectivity index (χ3n) is 4.27. The van der Waals surface area contributed by atoms with Crippen molar-refractivity contribution in [3.05, 3.63) is 40.5 Å². The number of hydrogen-bond donors (Lipinski definition) is 3. The fraction of sp³-hybridized carbons (Fsp3) is 0.263. The number of aromatic nitrogens is 3. The monoisotopic (exact) mass is 412 g/mol. The van der Waals surface area contributed by atoms with Crippen LogP contribution in [-0.2, 0) is 9.53 Å². The zero-order valence-electron chi connectivity index (χ0n) is 16.0. The van der Waals surface area contributed by atoms with E-state index in [-0.39, 0.29) is 5.70 Å². The van der Waals surface area contributed by atoms with Crippen LogP contribution in [0.3, 0.4) is 0 Å². The minimum absolute atomic E-state index is 0.162. The number of aryl methyl sites for hydroxylation is 1. The Labute approximate surface area is 170 Å². The second-order valence-electron chi connectivity index (χ2n) is 6.36. The first-order valence-corrected chi connectivity index (χ1v) is 9.98. The summed E-state index contributed by atoms with van der Waals surface area (Å²) < 4.78 is 7.08. The van der Waals surface area contributed by atoms with Crippen LogP contribution in [0.1, 0.15) is 17.4 Å². The Morgan fingerprint density at radius 3 is 2.86 bits per heavy atom. The van der Waals surface area contributed by atoms with Crippen molar-refractivity contribution >= 4 is 40.8 Å². The molecule has 3 aromatic rings. The normalized spacial score (nSPS) is 15.2. The molecule has 0 spiro atoms. The fourth-order valence-corrected chi connectivity index (χ4v) is 3.77. The number of thiophene rings is 1. The number of rotatable bonds is 7. The van der Waals surface area contributed by atoms with E-state index < -0.39 is 11.9 Å². The number of fused-ring (bicyclic) bond motifs is 1. The summed E-state index contributed by atoms with van der Waals surface area (Å²) in [6.45, 7) is 5.83. The number of anilines is 1. The summed E-state index contributed by atoms with van der Waals surface area (Å²) in [5, 5.41) is 12.4. The van der Waals surface area contributed by atoms with Crippen LogP contribution in [0.15, 0.2) is 30.1 Å². The van der Waals surface area contributed by atoms with Crippen molar-refractivity contribution in [2.75, 3.05) is 25.1 Å². The van der Waals surface area contributed by atoms with Crippen molar-refractivity contribution in [2.45, 2.75) is 13.8 Å². The smallest absolute Gasteiger partial charge is 0.326 e. The van der Waals surface area contributed by atoms with Gasteiger partial charge in [-0.2, -0.15) is 9.61 Å². The average Bonchev–Trinajstić information content (AvgIpc) is 3.38. The van der Waals surface area contributed by atoms with E-state index in [1.807, 2.05) is 32.0 Å². The van der Waals surface area contributed by atoms with Crippen molar-refractivity contribution in [2.24, 2.45) is 0 Å². The summed E-state index contributed by atoms with van der Waals surface area (Å²) in [6.07, 6.45) is 3.19. The summed E-state index contributed by atoms with van der Waals surface area (Å²) in [6, 6.07) is 5.48. The van der Waals surface area contributed by atoms with Gasteiger partial charge in [-0.05, 0) is 32.1 Å². The molecule has 1 aliphatic rings. The predicted octanol–water partition coefficient (Wildman–Crippen LogP) is 2.39. The summed E-state index contributed by atoms with van der Waals surface area (Å²) in [5.74, 6) is 0.287. The first-order valence-electron chi connectivity index (χ1n) is 9.16. The number of ether oxygens (including phenoxy) is 1. The van der Waals surface area contributed by atoms with Gasteiger partial charge in [0.05, 0.1) is 23.4 Å². The molecule has 0 saturated carbocycles. The highest BCUT2D eigenvalue weighted by atomic mass is 32.1. The molecular formula is C19H20N6O3S. The Bertz CT molecular complexity index is 1120. The van der Waals surface area contributed by atoms with Crippen LogP contribution < -0.4 is 16.0 Å². The second-order valence-corrected chi connectivity index (χ2v) is 7.65. The van der Waals surface area contributed by atoms with E-state index in [9.17, 15) is 9.59 Å². The Kier molecular flexibility index (Phi) is 5.28. The van der Waals surface area contributed by atoms with E-state index in [0.29, 0.717) is 31.0 Å². The van der Waals surface area contributed by atoms with Crippen LogP contribution in [0.2, 0.25) is 0 Å². The highest BCUT2D eigenvalue weighted by molar-refractivity contribution is 7.15. The average molecular weight is 412 g/mol. The molecule has 150 valence electrons. The van der Waals surface area contributed by atoms with Gasteiger partial charge in [0, 0.05) is 29.7 Å². The van der Waals surface area contributed by atoms with E-state index in [1.165, 1.54) is 4.88 Å². The summed E-state index contributed by atoms with van der Waals surface area (Å²) in [5.41, 5.74) is 2.17. The molecule has 1 aliphatic heterocycles. The molecule has 10 heteroatoms. The van der Waals surface area contributed by atoms with Gasteiger partial charge in [-0.1, -0.05) is 0 Å². The zero-order valence-corrected chi connectivity index (χ0v) is 16.8. The van der Waals surface area contributed by atoms with Crippen LogP contribution in [0.25, 0.3) is 22.3 Å². The van der Waals surface area contributed by atoms with E-state index in [0.717, 1.165) is 16.4 Å². The number of amides is 3. The molecule has 0 radical (unpaired) electrons. The van der Waals surface area contributed by atoms with Crippen molar-refractivity contribution in [1.29, 1.82) is 0 Å². The number of carbonyl (C=O) groups is 2. The third-order valence-corrected chi connectivity index (χ3v) is 5.29. The van der Waals surface area contributed by atoms with Gasteiger partial charge in [0.2, 0.25) is 0 Å². The maximum atomic E-state index is 11.9. The van der Waals surface area contributed by atoms with Gasteiger partial charge in [0.25, 0.3) is 5.91 Å². The molecule has 4 heterocycles. The molecule has 3 aromatic heterocycles. The Morgan fingerprint density at radius 1 is 1.31 bits per heavy atom. The second kappa shape index (κ2) is 8.02. The van der Waals surface area contributed by atoms with Crippen molar-refractivity contribution < 1.29 is 14.3 Å². The lowest BCUT2D eigenvalue weighted by Crippen LogP contribution is -2.22. The minimum Gasteiger partial charge on any atom is -0.380 e. The van der Waals surface area contributed by atoms with Crippen LogP contribution in [-0.4, -0.2) is 46.3 Å². The summed E-state index contributed by atoms with van der Waals surface area (Å²) in [7, 11) is 0. The molecule has 4 rings (SSSR count). The van der Waals surface area contributed by atoms with E-state index in [1.54, 1.807) is 28.1 Å². The van der Waals surface area contributed by atoms with E-state index in [4.69, 9.17) is 9.72 Å². The molecule has 1 saturated heterocycles. The molecule has 0 atom stereocenters. The number of nitrogens with one attached hydrogen (secondary N) is 3. The highest BCUT2D eigenvalue weighted by Crippen LogP contribution is 2.29. The largest absolute Gasteiger partial charge is 0.380 e. The molecule has 9 nitrogen and oxygen atoms in total. The summed E-state index contributed by atoms with van der Waals surface area (Å²) >= 11 is 1.65. The van der Waals surface area contributed by atoms with Gasteiger partial charge in [0.1, 0.15) is 11.5 Å². The molecular weight excluding hydrogens is 392 g/mol. The topological polar surface area (TPSA) is 110 Å². The van der Waals surface area contributed by atoms with E-state index in [2.05, 4.69) is 21.0 Å². The van der Waals surface area contributed by atoms with Crippen LogP contribution in [0, 0.1) is 6.92 Å². The molecule has 3 N–H and O–H groups in total. The lowest BCUT2D eigenvalue weighted by atomic mass is 10.2. The minimum atomic E-state index is -0.543. The maximum absolute atomic E-state index is 11.9. The zero-order chi connectivity index (χ0) is 20.4. The standard InChI is InChI=1S/C19H20N6O3S/c1-3-28-7-6-20-16-9-13(15-5-4-11(2)29-15)22-17-12(10-21-25(16)17)8-14-18(26)24-19(27)23-14/h4-5,8-10,20H,3,6-7H2,1-2H3,(H2,23,24,26,27)/b14-8-. The molecule has 0 unspecified atom stereocenters. The van der Waals surface area contributed by atoms with Crippen LogP contribution in [0.5, 0.6) is 0 Å². The van der Waals surface area contributed by atoms with E-state index >= 15 is 0 Å². The van der Waals surface area contributed by atoms with Crippen LogP contribution >= 0.6 is 11.3 Å². The molecule has 0 aliphatic carbocycles. The highest BCUT2D eigenvalue weighted by Gasteiger charge is 2.23. The number of urea groups is 1. The number of nitrogens with zero attached hydrogens (tertiary/aromatic N) is 3. The van der Waals surface area contributed by atoms with Crippen molar-refractivity contribution in [3.63, 3.8) is 0 Å². The number of hydrogen-bond acceptors (Lipinski definition) is 7. The van der Waals surface area contributed by atoms with Gasteiger partial charge in [-0.15, -0.1) is 11.3 Å². The lowest BCUT2D eigenvalue weighted by molar-refractivity contribution is -0.115. The Balaban J connectivity index is 1.77. The molecule has 0 aromatic carbocycles. The Morgan fingerprint density at radius 2 is 2.17 bits per heavy atom. The fourth-order valence-electron chi connectivity index (χ4n) is 2.94. The maximum Gasteiger partial charge on any atom is 0.326 e. The summed E-state index contributed by atoms with van der Waals surface area (Å²) in [4.78, 5) is 30.2. The van der Waals surface area contributed by atoms with Crippen molar-refractivity contribution in [3.8, 4) is 10.6 Å². The number of imide groups is 1. The number of carbonyl (C=O) groups excluding carboxylic acids is 2. The van der Waals surface area contributed by atoms with Gasteiger partial charge in [-0.3, -0.25) is 10.1 Å². The molecule has 29 heavy (non-hydrogen) atoms. The van der Waals surface area contributed by atoms with Gasteiger partial charge >= 0.3 is 6.03 Å². The van der Waals surface area contributed by atoms with Gasteiger partial charge < -0.3 is 15.4 Å². The van der Waals surface area contributed by atoms with Gasteiger partial charge in [0.15, 0.2) is 5.65 Å². The first kappa shape index (κ1) is 19.1. The lowest BCUT2D eigenvalue weighted by Gasteiger charge is -2.10. The predicted molar refractivity (Wildman–Crippen MR) is 111 cm³/mol. The molecule has 1 fully saturated rings. The molecule has 0 bridgehead atoms. The third kappa shape index (κ3) is 3.98. The quantitative estimate of drug-likeness (QED) is 0.312. The van der Waals surface area contributed by atoms with Gasteiger partial charge in [-0.25, -0.2) is 9.78 Å². The first-order chi connectivity index (χ1) is 14.0. The Hall–Kier alpha value is -3.24. The van der Waals surface area contributed by atoms with Crippen LogP contribution in [0.4, 0.5) is 10.6 Å². The SMILES string of the molecule is CCOCCNc1cc(-c2ccc(C)s2)nc2c(/C=C3\NC(=O)NC3=O)cnn12. The van der Waals surface area contributed by atoms with Crippen molar-refractivity contribution in [1.82, 2.24) is 25.2 Å². The molecule has 3 amide bonds.